The molecule has 1 N–H and O–H groups in total. The van der Waals surface area contributed by atoms with Gasteiger partial charge < -0.3 is 15.0 Å². The van der Waals surface area contributed by atoms with E-state index in [9.17, 15) is 22.4 Å². The third kappa shape index (κ3) is 9.04. The van der Waals surface area contributed by atoms with Gasteiger partial charge in [-0.1, -0.05) is 62.4 Å². The van der Waals surface area contributed by atoms with Crippen LogP contribution < -0.4 is 14.4 Å². The van der Waals surface area contributed by atoms with E-state index < -0.39 is 34.3 Å². The fraction of sp³-hybridized carbons (Fsp3) is 0.355. The highest BCUT2D eigenvalue weighted by atomic mass is 32.2. The molecule has 0 radical (unpaired) electrons. The second-order valence-corrected chi connectivity index (χ2v) is 12.3. The van der Waals surface area contributed by atoms with Crippen LogP contribution in [-0.2, 0) is 32.6 Å². The van der Waals surface area contributed by atoms with Crippen molar-refractivity contribution in [3.05, 3.63) is 95.3 Å². The highest BCUT2D eigenvalue weighted by molar-refractivity contribution is 7.92. The first-order valence-corrected chi connectivity index (χ1v) is 15.2. The monoisotopic (exact) mass is 583 g/mol. The van der Waals surface area contributed by atoms with Gasteiger partial charge in [-0.25, -0.2) is 12.8 Å². The largest absolute Gasteiger partial charge is 0.495 e. The lowest BCUT2D eigenvalue weighted by atomic mass is 10.0. The summed E-state index contributed by atoms with van der Waals surface area (Å²) in [6.07, 6.45) is 1.22. The summed E-state index contributed by atoms with van der Waals surface area (Å²) in [4.78, 5) is 29.1. The number of amides is 2. The summed E-state index contributed by atoms with van der Waals surface area (Å²) < 4.78 is 46.1. The van der Waals surface area contributed by atoms with E-state index in [1.54, 1.807) is 37.3 Å². The number of carbonyl (C=O) groups is 2. The third-order valence-corrected chi connectivity index (χ3v) is 7.63. The second-order valence-electron chi connectivity index (χ2n) is 10.4. The lowest BCUT2D eigenvalue weighted by Gasteiger charge is -2.34. The number of methoxy groups -OCH3 is 1. The molecule has 0 aliphatic rings. The molecule has 0 heterocycles. The molecular formula is C31H38FN3O5S. The van der Waals surface area contributed by atoms with E-state index >= 15 is 0 Å². The van der Waals surface area contributed by atoms with E-state index in [4.69, 9.17) is 4.74 Å². The Bertz CT molecular complexity index is 1430. The highest BCUT2D eigenvalue weighted by Gasteiger charge is 2.33. The number of hydrogen-bond donors (Lipinski definition) is 1. The number of rotatable bonds is 13. The first-order chi connectivity index (χ1) is 19.4. The molecule has 41 heavy (non-hydrogen) atoms. The van der Waals surface area contributed by atoms with Crippen molar-refractivity contribution < 1.29 is 27.1 Å². The molecule has 0 aliphatic carbocycles. The molecule has 3 aromatic rings. The summed E-state index contributed by atoms with van der Waals surface area (Å²) in [5, 5.41) is 2.93. The first-order valence-electron chi connectivity index (χ1n) is 13.4. The van der Waals surface area contributed by atoms with Crippen LogP contribution in [0.5, 0.6) is 5.75 Å². The molecule has 8 nitrogen and oxygen atoms in total. The number of sulfonamides is 1. The van der Waals surface area contributed by atoms with Crippen molar-refractivity contribution in [2.45, 2.75) is 39.8 Å². The molecule has 0 saturated carbocycles. The van der Waals surface area contributed by atoms with Gasteiger partial charge in [-0.15, -0.1) is 0 Å². The minimum atomic E-state index is -3.94. The molecule has 220 valence electrons. The minimum absolute atomic E-state index is 0.0335. The number of ether oxygens (including phenoxy) is 1. The number of nitrogens with one attached hydrogen (secondary N) is 1. The fourth-order valence-electron chi connectivity index (χ4n) is 4.35. The molecule has 0 fully saturated rings. The number of halogens is 1. The Labute approximate surface area is 242 Å². The third-order valence-electron chi connectivity index (χ3n) is 6.50. The van der Waals surface area contributed by atoms with Gasteiger partial charge in [-0.2, -0.15) is 0 Å². The molecule has 0 aliphatic heterocycles. The Morgan fingerprint density at radius 2 is 1.63 bits per heavy atom. The fourth-order valence-corrected chi connectivity index (χ4v) is 5.20. The Hall–Kier alpha value is -3.92. The first kappa shape index (κ1) is 31.6. The molecule has 2 amide bonds. The average molecular weight is 584 g/mol. The van der Waals surface area contributed by atoms with Crippen molar-refractivity contribution >= 4 is 27.5 Å². The Morgan fingerprint density at radius 3 is 2.22 bits per heavy atom. The van der Waals surface area contributed by atoms with Crippen molar-refractivity contribution in [3.8, 4) is 5.75 Å². The van der Waals surface area contributed by atoms with Gasteiger partial charge in [-0.05, 0) is 53.8 Å². The van der Waals surface area contributed by atoms with E-state index in [-0.39, 0.29) is 36.2 Å². The van der Waals surface area contributed by atoms with Crippen LogP contribution in [0.15, 0.2) is 72.8 Å². The number of hydrogen-bond acceptors (Lipinski definition) is 5. The van der Waals surface area contributed by atoms with Crippen molar-refractivity contribution in [3.63, 3.8) is 0 Å². The summed E-state index contributed by atoms with van der Waals surface area (Å²) in [5.74, 6) is -0.931. The van der Waals surface area contributed by atoms with Gasteiger partial charge in [0, 0.05) is 19.5 Å². The highest BCUT2D eigenvalue weighted by Crippen LogP contribution is 2.31. The van der Waals surface area contributed by atoms with Gasteiger partial charge in [0.25, 0.3) is 0 Å². The molecule has 0 bridgehead atoms. The van der Waals surface area contributed by atoms with E-state index in [0.29, 0.717) is 12.1 Å². The molecule has 0 unspecified atom stereocenters. The predicted molar refractivity (Wildman–Crippen MR) is 159 cm³/mol. The summed E-state index contributed by atoms with van der Waals surface area (Å²) in [6.45, 7) is 5.54. The summed E-state index contributed by atoms with van der Waals surface area (Å²) in [7, 11) is -2.52. The van der Waals surface area contributed by atoms with Gasteiger partial charge in [0.05, 0.1) is 19.1 Å². The van der Waals surface area contributed by atoms with Crippen LogP contribution in [-0.4, -0.2) is 57.6 Å². The van der Waals surface area contributed by atoms with Gasteiger partial charge in [-0.3, -0.25) is 13.9 Å². The normalized spacial score (nSPS) is 12.1. The zero-order valence-corrected chi connectivity index (χ0v) is 24.9. The van der Waals surface area contributed by atoms with Gasteiger partial charge in [0.1, 0.15) is 24.2 Å². The van der Waals surface area contributed by atoms with Crippen LogP contribution in [0.25, 0.3) is 0 Å². The molecule has 3 aromatic carbocycles. The number of anilines is 1. The molecule has 0 saturated heterocycles. The SMILES string of the molecule is COc1ccc(C)cc1N(CC(=O)N(Cc1ccc(F)cc1)[C@H](Cc1ccccc1)C(=O)NCC(C)C)S(C)(=O)=O. The number of carbonyl (C=O) groups excluding carboxylic acids is 2. The molecule has 0 spiro atoms. The number of benzene rings is 3. The van der Waals surface area contributed by atoms with Crippen molar-refractivity contribution in [1.29, 1.82) is 0 Å². The maximum Gasteiger partial charge on any atom is 0.244 e. The average Bonchev–Trinajstić information content (AvgIpc) is 2.93. The van der Waals surface area contributed by atoms with Crippen molar-refractivity contribution in [2.24, 2.45) is 5.92 Å². The van der Waals surface area contributed by atoms with E-state index in [2.05, 4.69) is 5.32 Å². The molecule has 0 aromatic heterocycles. The van der Waals surface area contributed by atoms with Crippen LogP contribution >= 0.6 is 0 Å². The smallest absolute Gasteiger partial charge is 0.244 e. The lowest BCUT2D eigenvalue weighted by Crippen LogP contribution is -2.53. The minimum Gasteiger partial charge on any atom is -0.495 e. The zero-order chi connectivity index (χ0) is 30.2. The van der Waals surface area contributed by atoms with E-state index in [1.807, 2.05) is 44.2 Å². The van der Waals surface area contributed by atoms with E-state index in [1.165, 1.54) is 24.1 Å². The van der Waals surface area contributed by atoms with E-state index in [0.717, 1.165) is 21.7 Å². The topological polar surface area (TPSA) is 96.0 Å². The van der Waals surface area contributed by atoms with Gasteiger partial charge in [0.2, 0.25) is 21.8 Å². The molecule has 10 heteroatoms. The molecular weight excluding hydrogens is 545 g/mol. The molecule has 1 atom stereocenters. The van der Waals surface area contributed by atoms with Crippen molar-refractivity contribution in [2.75, 3.05) is 30.8 Å². The number of nitrogens with zero attached hydrogens (tertiary/aromatic N) is 2. The summed E-state index contributed by atoms with van der Waals surface area (Å²) in [6, 6.07) is 19.0. The summed E-state index contributed by atoms with van der Waals surface area (Å²) in [5.41, 5.74) is 2.41. The quantitative estimate of drug-likeness (QED) is 0.323. The van der Waals surface area contributed by atoms with Crippen LogP contribution in [0.1, 0.15) is 30.5 Å². The zero-order valence-electron chi connectivity index (χ0n) is 24.1. The maximum atomic E-state index is 14.1. The Kier molecular flexibility index (Phi) is 10.9. The maximum absolute atomic E-state index is 14.1. The van der Waals surface area contributed by atoms with Crippen LogP contribution in [0, 0.1) is 18.7 Å². The molecule has 3 rings (SSSR count). The lowest BCUT2D eigenvalue weighted by molar-refractivity contribution is -0.140. The Balaban J connectivity index is 2.08. The van der Waals surface area contributed by atoms with Crippen LogP contribution in [0.3, 0.4) is 0 Å². The standard InChI is InChI=1S/C31H38FN3O5S/c1-22(2)19-33-31(37)28(18-24-9-7-6-8-10-24)34(20-25-12-14-26(32)15-13-25)30(36)21-35(41(5,38)39)27-17-23(3)11-16-29(27)40-4/h6-17,22,28H,18-21H2,1-5H3,(H,33,37)/t28-/m1/s1. The predicted octanol–water partition coefficient (Wildman–Crippen LogP) is 4.32. The van der Waals surface area contributed by atoms with Gasteiger partial charge in [0.15, 0.2) is 0 Å². The van der Waals surface area contributed by atoms with Crippen LogP contribution in [0.2, 0.25) is 0 Å². The number of aryl methyl sites for hydroxylation is 1. The van der Waals surface area contributed by atoms with Crippen molar-refractivity contribution in [1.82, 2.24) is 10.2 Å². The Morgan fingerprint density at radius 1 is 0.976 bits per heavy atom. The van der Waals surface area contributed by atoms with Gasteiger partial charge >= 0.3 is 0 Å². The second kappa shape index (κ2) is 14.1. The van der Waals surface area contributed by atoms with Crippen LogP contribution in [0.4, 0.5) is 10.1 Å². The summed E-state index contributed by atoms with van der Waals surface area (Å²) >= 11 is 0.